The summed E-state index contributed by atoms with van der Waals surface area (Å²) in [5.74, 6) is 0. The van der Waals surface area contributed by atoms with Gasteiger partial charge >= 0.3 is 0 Å². The Morgan fingerprint density at radius 3 is 1.60 bits per heavy atom. The minimum atomic E-state index is 0.617. The summed E-state index contributed by atoms with van der Waals surface area (Å²) in [4.78, 5) is 1.56. The second-order valence-electron chi connectivity index (χ2n) is 1.27. The third kappa shape index (κ3) is 25.4. The number of rotatable bonds is 4. The van der Waals surface area contributed by atoms with Gasteiger partial charge in [0.1, 0.15) is 0 Å². The normalized spacial score (nSPS) is 6.90. The second kappa shape index (κ2) is 15.9. The number of ether oxygens (including phenoxy) is 1. The largest absolute Gasteiger partial charge is 0.373 e. The molecule has 0 amide bonds. The molecule has 0 aromatic heterocycles. The first-order valence-corrected chi connectivity index (χ1v) is 3.75. The zero-order chi connectivity index (χ0) is 8.24. The van der Waals surface area contributed by atoms with E-state index in [-0.39, 0.29) is 0 Å². The number of halogens is 1. The molecule has 0 bridgehead atoms. The van der Waals surface area contributed by atoms with Crippen LogP contribution < -0.4 is 0 Å². The molecule has 0 aliphatic heterocycles. The summed E-state index contributed by atoms with van der Waals surface area (Å²) >= 11 is 2.91. The van der Waals surface area contributed by atoms with Crippen molar-refractivity contribution in [3.8, 4) is 0 Å². The van der Waals surface area contributed by atoms with Crippen LogP contribution in [-0.2, 0) is 4.74 Å². The van der Waals surface area contributed by atoms with Crippen molar-refractivity contribution in [1.82, 2.24) is 0 Å². The van der Waals surface area contributed by atoms with Crippen molar-refractivity contribution >= 4 is 15.9 Å². The van der Waals surface area contributed by atoms with Gasteiger partial charge in [-0.15, -0.1) is 13.2 Å². The zero-order valence-electron chi connectivity index (χ0n) is 6.05. The van der Waals surface area contributed by atoms with Gasteiger partial charge in [0, 0.05) is 0 Å². The van der Waals surface area contributed by atoms with E-state index in [0.717, 1.165) is 0 Å². The van der Waals surface area contributed by atoms with Crippen molar-refractivity contribution in [2.75, 3.05) is 13.2 Å². The van der Waals surface area contributed by atoms with Crippen molar-refractivity contribution in [1.29, 1.82) is 0 Å². The Hall–Kier alpha value is -0.340. The first-order chi connectivity index (χ1) is 4.83. The summed E-state index contributed by atoms with van der Waals surface area (Å²) in [5, 5.41) is 0. The fourth-order valence-electron chi connectivity index (χ4n) is 0.235. The lowest BCUT2D eigenvalue weighted by Gasteiger charge is -1.89. The average molecular weight is 205 g/mol. The molecule has 0 saturated heterocycles. The maximum atomic E-state index is 4.90. The molecule has 10 heavy (non-hydrogen) atoms. The molecular formula is C8H13BrO. The van der Waals surface area contributed by atoms with E-state index in [4.69, 9.17) is 4.74 Å². The smallest absolute Gasteiger partial charge is 0.0649 e. The molecule has 0 unspecified atom stereocenters. The minimum Gasteiger partial charge on any atom is -0.373 e. The van der Waals surface area contributed by atoms with Crippen molar-refractivity contribution in [2.24, 2.45) is 0 Å². The Labute approximate surface area is 71.2 Å². The van der Waals surface area contributed by atoms with Crippen LogP contribution in [0.4, 0.5) is 0 Å². The Balaban J connectivity index is 0. The first-order valence-electron chi connectivity index (χ1n) is 2.84. The van der Waals surface area contributed by atoms with E-state index in [2.05, 4.69) is 35.7 Å². The topological polar surface area (TPSA) is 9.23 Å². The van der Waals surface area contributed by atoms with Gasteiger partial charge in [-0.05, 0) is 4.99 Å². The summed E-state index contributed by atoms with van der Waals surface area (Å²) < 4.78 is 4.90. The van der Waals surface area contributed by atoms with Gasteiger partial charge in [-0.1, -0.05) is 34.7 Å². The van der Waals surface area contributed by atoms with E-state index in [0.29, 0.717) is 13.2 Å². The first kappa shape index (κ1) is 12.3. The van der Waals surface area contributed by atoms with Gasteiger partial charge in [0.25, 0.3) is 0 Å². The Morgan fingerprint density at radius 1 is 1.10 bits per heavy atom. The molecule has 2 heteroatoms. The van der Waals surface area contributed by atoms with Gasteiger partial charge in [-0.3, -0.25) is 0 Å². The Bertz CT molecular complexity index is 81.3. The Kier molecular flexibility index (Phi) is 19.6. The van der Waals surface area contributed by atoms with Gasteiger partial charge in [-0.25, -0.2) is 0 Å². The van der Waals surface area contributed by atoms with Gasteiger partial charge in [0.15, 0.2) is 0 Å². The van der Waals surface area contributed by atoms with Crippen molar-refractivity contribution in [3.63, 3.8) is 0 Å². The van der Waals surface area contributed by atoms with Crippen LogP contribution in [0.25, 0.3) is 0 Å². The van der Waals surface area contributed by atoms with Crippen molar-refractivity contribution in [3.05, 3.63) is 36.9 Å². The maximum Gasteiger partial charge on any atom is 0.0649 e. The summed E-state index contributed by atoms with van der Waals surface area (Å²) in [6.45, 7) is 11.5. The highest BCUT2D eigenvalue weighted by molar-refractivity contribution is 9.11. The van der Waals surface area contributed by atoms with E-state index < -0.39 is 0 Å². The predicted molar refractivity (Wildman–Crippen MR) is 50.3 cm³/mol. The van der Waals surface area contributed by atoms with E-state index in [9.17, 15) is 0 Å². The van der Waals surface area contributed by atoms with Crippen LogP contribution in [0, 0.1) is 0 Å². The van der Waals surface area contributed by atoms with Crippen LogP contribution in [0.1, 0.15) is 0 Å². The highest BCUT2D eigenvalue weighted by Gasteiger charge is 1.70. The van der Waals surface area contributed by atoms with Crippen LogP contribution in [-0.4, -0.2) is 13.2 Å². The molecule has 0 aromatic carbocycles. The summed E-state index contributed by atoms with van der Waals surface area (Å²) in [5.41, 5.74) is 0. The lowest BCUT2D eigenvalue weighted by atomic mass is 10.6. The van der Waals surface area contributed by atoms with Gasteiger partial charge in [0.05, 0.1) is 13.2 Å². The molecule has 0 radical (unpaired) electrons. The van der Waals surface area contributed by atoms with Crippen LogP contribution in [0.3, 0.4) is 0 Å². The molecule has 0 atom stereocenters. The third-order valence-corrected chi connectivity index (χ3v) is 0.471. The summed E-state index contributed by atoms with van der Waals surface area (Å²) in [7, 11) is 0. The van der Waals surface area contributed by atoms with E-state index in [1.165, 1.54) is 0 Å². The highest BCUT2D eigenvalue weighted by atomic mass is 79.9. The molecule has 0 heterocycles. The minimum absolute atomic E-state index is 0.617. The fourth-order valence-corrected chi connectivity index (χ4v) is 0.235. The van der Waals surface area contributed by atoms with Crippen molar-refractivity contribution < 1.29 is 4.74 Å². The molecule has 0 aromatic rings. The second-order valence-corrected chi connectivity index (χ2v) is 1.92. The lowest BCUT2D eigenvalue weighted by Crippen LogP contribution is -1.87. The fraction of sp³-hybridized carbons (Fsp3) is 0.250. The van der Waals surface area contributed by atoms with E-state index >= 15 is 0 Å². The molecule has 58 valence electrons. The summed E-state index contributed by atoms with van der Waals surface area (Å²) in [6, 6.07) is 0. The standard InChI is InChI=1S/C6H10O.C2H3Br/c1-3-5-7-6-4-2;1-2-3/h3-4H,1-2,5-6H2;2H,1H2. The molecule has 0 aliphatic carbocycles. The molecule has 1 nitrogen and oxygen atoms in total. The summed E-state index contributed by atoms with van der Waals surface area (Å²) in [6.07, 6.45) is 3.42. The van der Waals surface area contributed by atoms with Crippen molar-refractivity contribution in [2.45, 2.75) is 0 Å². The van der Waals surface area contributed by atoms with E-state index in [1.807, 2.05) is 0 Å². The average Bonchev–Trinajstić information content (AvgIpc) is 1.91. The van der Waals surface area contributed by atoms with Gasteiger partial charge in [-0.2, -0.15) is 0 Å². The monoisotopic (exact) mass is 204 g/mol. The molecular weight excluding hydrogens is 192 g/mol. The lowest BCUT2D eigenvalue weighted by molar-refractivity contribution is 0.194. The van der Waals surface area contributed by atoms with Crippen LogP contribution in [0.15, 0.2) is 36.9 Å². The molecule has 0 rings (SSSR count). The molecule has 0 N–H and O–H groups in total. The Morgan fingerprint density at radius 2 is 1.40 bits per heavy atom. The predicted octanol–water partition coefficient (Wildman–Crippen LogP) is 2.90. The SMILES string of the molecule is C=CBr.C=CCOCC=C. The quantitative estimate of drug-likeness (QED) is 0.506. The van der Waals surface area contributed by atoms with Crippen LogP contribution in [0.2, 0.25) is 0 Å². The molecule has 0 fully saturated rings. The highest BCUT2D eigenvalue weighted by Crippen LogP contribution is 1.72. The van der Waals surface area contributed by atoms with Crippen LogP contribution in [0.5, 0.6) is 0 Å². The molecule has 0 spiro atoms. The third-order valence-electron chi connectivity index (χ3n) is 0.471. The zero-order valence-corrected chi connectivity index (χ0v) is 7.64. The van der Waals surface area contributed by atoms with Gasteiger partial charge in [0.2, 0.25) is 0 Å². The maximum absolute atomic E-state index is 4.90. The number of hydrogen-bond acceptors (Lipinski definition) is 1. The van der Waals surface area contributed by atoms with Crippen LogP contribution >= 0.6 is 15.9 Å². The molecule has 0 saturated carbocycles. The molecule has 0 aliphatic rings. The number of hydrogen-bond donors (Lipinski definition) is 0. The van der Waals surface area contributed by atoms with E-state index in [1.54, 1.807) is 17.1 Å². The van der Waals surface area contributed by atoms with Gasteiger partial charge < -0.3 is 4.74 Å².